The van der Waals surface area contributed by atoms with Crippen molar-refractivity contribution in [2.45, 2.75) is 32.4 Å². The molecule has 5 nitrogen and oxygen atoms in total. The third-order valence-electron chi connectivity index (χ3n) is 4.16. The Morgan fingerprint density at radius 3 is 2.52 bits per heavy atom. The zero-order chi connectivity index (χ0) is 19.2. The minimum absolute atomic E-state index is 0.0646. The first-order valence-corrected chi connectivity index (χ1v) is 8.74. The summed E-state index contributed by atoms with van der Waals surface area (Å²) in [5.41, 5.74) is 1.62. The molecule has 1 unspecified atom stereocenters. The monoisotopic (exact) mass is 377 g/mol. The Kier molecular flexibility index (Phi) is 6.11. The van der Waals surface area contributed by atoms with Crippen LogP contribution in [0.3, 0.4) is 0 Å². The second-order valence-electron chi connectivity index (χ2n) is 6.25. The second kappa shape index (κ2) is 8.70. The third kappa shape index (κ3) is 5.32. The molecule has 2 aromatic carbocycles. The van der Waals surface area contributed by atoms with Crippen molar-refractivity contribution in [3.05, 3.63) is 53.6 Å². The van der Waals surface area contributed by atoms with E-state index in [-0.39, 0.29) is 24.1 Å². The Labute approximate surface area is 156 Å². The van der Waals surface area contributed by atoms with Crippen molar-refractivity contribution in [3.63, 3.8) is 0 Å². The lowest BCUT2D eigenvalue weighted by Crippen LogP contribution is -2.28. The molecule has 0 aromatic heterocycles. The maximum atomic E-state index is 12.3. The van der Waals surface area contributed by atoms with E-state index in [1.54, 1.807) is 12.1 Å². The van der Waals surface area contributed by atoms with Gasteiger partial charge in [0.05, 0.1) is 25.7 Å². The molecule has 144 valence electrons. The fraction of sp³-hybridized carbons (Fsp3) is 0.350. The molecule has 0 bridgehead atoms. The van der Waals surface area contributed by atoms with Crippen LogP contribution in [-0.2, 0) is 11.2 Å². The summed E-state index contributed by atoms with van der Waals surface area (Å²) in [7, 11) is 0. The maximum absolute atomic E-state index is 12.3. The van der Waals surface area contributed by atoms with Gasteiger partial charge in [-0.2, -0.15) is 8.78 Å². The van der Waals surface area contributed by atoms with E-state index >= 15 is 0 Å². The Bertz CT molecular complexity index is 780. The summed E-state index contributed by atoms with van der Waals surface area (Å²) in [6.45, 7) is 0.245. The van der Waals surface area contributed by atoms with Crippen molar-refractivity contribution in [1.82, 2.24) is 5.32 Å². The Morgan fingerprint density at radius 1 is 1.11 bits per heavy atom. The second-order valence-corrected chi connectivity index (χ2v) is 6.25. The largest absolute Gasteiger partial charge is 0.490 e. The average molecular weight is 377 g/mol. The number of carbonyl (C=O) groups excluding carboxylic acids is 1. The highest BCUT2D eigenvalue weighted by molar-refractivity contribution is 5.79. The van der Waals surface area contributed by atoms with Crippen molar-refractivity contribution in [3.8, 4) is 17.2 Å². The van der Waals surface area contributed by atoms with Crippen LogP contribution in [0.4, 0.5) is 8.78 Å². The molecule has 7 heteroatoms. The highest BCUT2D eigenvalue weighted by Gasteiger charge is 2.15. The molecule has 1 heterocycles. The summed E-state index contributed by atoms with van der Waals surface area (Å²) in [5.74, 6) is 1.29. The highest BCUT2D eigenvalue weighted by Crippen LogP contribution is 2.32. The first-order valence-electron chi connectivity index (χ1n) is 8.74. The number of carbonyl (C=O) groups is 1. The SMILES string of the molecule is CC(NC(=O)Cc1ccc(OC(F)F)cc1)c1ccc2c(c1)OCCCO2. The number of nitrogens with one attached hydrogen (secondary N) is 1. The zero-order valence-corrected chi connectivity index (χ0v) is 14.9. The molecule has 1 atom stereocenters. The van der Waals surface area contributed by atoms with Crippen LogP contribution in [-0.4, -0.2) is 25.7 Å². The molecular weight excluding hydrogens is 356 g/mol. The van der Waals surface area contributed by atoms with E-state index in [2.05, 4.69) is 10.1 Å². The van der Waals surface area contributed by atoms with E-state index in [1.165, 1.54) is 12.1 Å². The van der Waals surface area contributed by atoms with Gasteiger partial charge in [0.25, 0.3) is 0 Å². The van der Waals surface area contributed by atoms with E-state index < -0.39 is 6.61 Å². The molecule has 27 heavy (non-hydrogen) atoms. The minimum atomic E-state index is -2.87. The number of hydrogen-bond donors (Lipinski definition) is 1. The van der Waals surface area contributed by atoms with Crippen LogP contribution in [0, 0.1) is 0 Å². The molecule has 0 radical (unpaired) electrons. The standard InChI is InChI=1S/C20H21F2NO4/c1-13(15-5-8-17-18(12-15)26-10-2-9-25-17)23-19(24)11-14-3-6-16(7-4-14)27-20(21)22/h3-8,12-13,20H,2,9-11H2,1H3,(H,23,24). The molecule has 2 aromatic rings. The van der Waals surface area contributed by atoms with Crippen molar-refractivity contribution in [1.29, 1.82) is 0 Å². The van der Waals surface area contributed by atoms with E-state index in [0.717, 1.165) is 12.0 Å². The summed E-state index contributed by atoms with van der Waals surface area (Å²) in [6.07, 6.45) is 0.974. The first-order chi connectivity index (χ1) is 13.0. The van der Waals surface area contributed by atoms with Crippen LogP contribution < -0.4 is 19.5 Å². The number of rotatable bonds is 6. The molecule has 1 N–H and O–H groups in total. The smallest absolute Gasteiger partial charge is 0.387 e. The number of ether oxygens (including phenoxy) is 3. The molecule has 1 aliphatic rings. The van der Waals surface area contributed by atoms with Gasteiger partial charge in [0.1, 0.15) is 5.75 Å². The van der Waals surface area contributed by atoms with Gasteiger partial charge in [-0.05, 0) is 42.3 Å². The molecule has 1 aliphatic heterocycles. The Hall–Kier alpha value is -2.83. The van der Waals surface area contributed by atoms with E-state index in [1.807, 2.05) is 25.1 Å². The maximum Gasteiger partial charge on any atom is 0.387 e. The number of halogens is 2. The van der Waals surface area contributed by atoms with Crippen LogP contribution >= 0.6 is 0 Å². The Balaban J connectivity index is 1.58. The lowest BCUT2D eigenvalue weighted by molar-refractivity contribution is -0.121. The molecule has 3 rings (SSSR count). The quantitative estimate of drug-likeness (QED) is 0.830. The summed E-state index contributed by atoms with van der Waals surface area (Å²) < 4.78 is 39.9. The summed E-state index contributed by atoms with van der Waals surface area (Å²) in [5, 5.41) is 2.93. The van der Waals surface area contributed by atoms with Gasteiger partial charge in [0.15, 0.2) is 11.5 Å². The Morgan fingerprint density at radius 2 is 1.81 bits per heavy atom. The average Bonchev–Trinajstić information content (AvgIpc) is 2.87. The van der Waals surface area contributed by atoms with Crippen LogP contribution in [0.15, 0.2) is 42.5 Å². The van der Waals surface area contributed by atoms with Crippen LogP contribution in [0.1, 0.15) is 30.5 Å². The third-order valence-corrected chi connectivity index (χ3v) is 4.16. The lowest BCUT2D eigenvalue weighted by atomic mass is 10.1. The summed E-state index contributed by atoms with van der Waals surface area (Å²) in [4.78, 5) is 12.3. The van der Waals surface area contributed by atoms with Crippen molar-refractivity contribution in [2.75, 3.05) is 13.2 Å². The molecule has 0 aliphatic carbocycles. The molecule has 0 fully saturated rings. The molecule has 0 spiro atoms. The number of hydrogen-bond acceptors (Lipinski definition) is 4. The van der Waals surface area contributed by atoms with Gasteiger partial charge in [-0.25, -0.2) is 0 Å². The molecule has 0 saturated carbocycles. The fourth-order valence-corrected chi connectivity index (χ4v) is 2.80. The van der Waals surface area contributed by atoms with Gasteiger partial charge >= 0.3 is 6.61 Å². The van der Waals surface area contributed by atoms with E-state index in [0.29, 0.717) is 30.3 Å². The topological polar surface area (TPSA) is 56.8 Å². The van der Waals surface area contributed by atoms with E-state index in [4.69, 9.17) is 9.47 Å². The van der Waals surface area contributed by atoms with Gasteiger partial charge < -0.3 is 19.5 Å². The number of benzene rings is 2. The molecular formula is C20H21F2NO4. The number of amides is 1. The number of alkyl halides is 2. The van der Waals surface area contributed by atoms with Crippen LogP contribution in [0.2, 0.25) is 0 Å². The van der Waals surface area contributed by atoms with Gasteiger partial charge in [-0.3, -0.25) is 4.79 Å². The van der Waals surface area contributed by atoms with Crippen LogP contribution in [0.25, 0.3) is 0 Å². The predicted molar refractivity (Wildman–Crippen MR) is 95.4 cm³/mol. The minimum Gasteiger partial charge on any atom is -0.490 e. The molecule has 0 saturated heterocycles. The van der Waals surface area contributed by atoms with Crippen molar-refractivity contribution in [2.24, 2.45) is 0 Å². The first kappa shape index (κ1) is 18.9. The van der Waals surface area contributed by atoms with Crippen molar-refractivity contribution < 1.29 is 27.8 Å². The van der Waals surface area contributed by atoms with Gasteiger partial charge in [-0.1, -0.05) is 18.2 Å². The van der Waals surface area contributed by atoms with E-state index in [9.17, 15) is 13.6 Å². The van der Waals surface area contributed by atoms with Gasteiger partial charge in [0, 0.05) is 6.42 Å². The predicted octanol–water partition coefficient (Wildman–Crippen LogP) is 3.87. The summed E-state index contributed by atoms with van der Waals surface area (Å²) >= 11 is 0. The highest BCUT2D eigenvalue weighted by atomic mass is 19.3. The zero-order valence-electron chi connectivity index (χ0n) is 14.9. The van der Waals surface area contributed by atoms with Gasteiger partial charge in [0.2, 0.25) is 5.91 Å². The lowest BCUT2D eigenvalue weighted by Gasteiger charge is -2.16. The molecule has 1 amide bonds. The van der Waals surface area contributed by atoms with Gasteiger partial charge in [-0.15, -0.1) is 0 Å². The fourth-order valence-electron chi connectivity index (χ4n) is 2.80. The normalized spacial score (nSPS) is 14.4. The van der Waals surface area contributed by atoms with Crippen LogP contribution in [0.5, 0.6) is 17.2 Å². The number of fused-ring (bicyclic) bond motifs is 1. The van der Waals surface area contributed by atoms with Crippen molar-refractivity contribution >= 4 is 5.91 Å². The summed E-state index contributed by atoms with van der Waals surface area (Å²) in [6, 6.07) is 11.4.